The minimum absolute atomic E-state index is 0.0131. The van der Waals surface area contributed by atoms with Crippen LogP contribution in [0.2, 0.25) is 5.02 Å². The van der Waals surface area contributed by atoms with Crippen molar-refractivity contribution in [3.63, 3.8) is 0 Å². The molecule has 6 heteroatoms. The number of hydrogen-bond donors (Lipinski definition) is 1. The molecule has 1 aliphatic heterocycles. The predicted molar refractivity (Wildman–Crippen MR) is 88.1 cm³/mol. The van der Waals surface area contributed by atoms with Crippen LogP contribution >= 0.6 is 11.6 Å². The van der Waals surface area contributed by atoms with Crippen LogP contribution in [0.4, 0.5) is 5.69 Å². The van der Waals surface area contributed by atoms with E-state index >= 15 is 0 Å². The second kappa shape index (κ2) is 6.71. The summed E-state index contributed by atoms with van der Waals surface area (Å²) >= 11 is 5.87. The molecule has 23 heavy (non-hydrogen) atoms. The zero-order valence-electron chi connectivity index (χ0n) is 12.3. The number of ether oxygens (including phenoxy) is 1. The number of fused-ring (bicyclic) bond motifs is 1. The second-order valence-electron chi connectivity index (χ2n) is 5.07. The number of carbonyl (C=O) groups is 2. The predicted octanol–water partition coefficient (Wildman–Crippen LogP) is 2.50. The zero-order chi connectivity index (χ0) is 16.2. The summed E-state index contributed by atoms with van der Waals surface area (Å²) < 4.78 is 5.38. The molecule has 2 amide bonds. The Morgan fingerprint density at radius 2 is 2.04 bits per heavy atom. The summed E-state index contributed by atoms with van der Waals surface area (Å²) in [6.07, 6.45) is 0. The van der Waals surface area contributed by atoms with Gasteiger partial charge in [0.25, 0.3) is 11.8 Å². The normalized spacial score (nSPS) is 13.3. The Morgan fingerprint density at radius 3 is 2.87 bits per heavy atom. The lowest BCUT2D eigenvalue weighted by Crippen LogP contribution is -2.43. The molecular formula is C17H15ClN2O3. The van der Waals surface area contributed by atoms with E-state index in [-0.39, 0.29) is 18.4 Å². The van der Waals surface area contributed by atoms with Crippen molar-refractivity contribution in [3.05, 3.63) is 59.1 Å². The number of nitrogens with one attached hydrogen (secondary N) is 1. The van der Waals surface area contributed by atoms with E-state index in [2.05, 4.69) is 5.32 Å². The average Bonchev–Trinajstić information content (AvgIpc) is 2.56. The van der Waals surface area contributed by atoms with Crippen LogP contribution in [0, 0.1) is 0 Å². The first-order valence-corrected chi connectivity index (χ1v) is 7.59. The van der Waals surface area contributed by atoms with E-state index in [4.69, 9.17) is 16.3 Å². The lowest BCUT2D eigenvalue weighted by atomic mass is 10.2. The molecule has 0 fully saturated rings. The Hall–Kier alpha value is -2.53. The molecule has 1 aliphatic rings. The van der Waals surface area contributed by atoms with Gasteiger partial charge in [-0.05, 0) is 30.3 Å². The van der Waals surface area contributed by atoms with E-state index in [1.54, 1.807) is 29.2 Å². The monoisotopic (exact) mass is 330 g/mol. The smallest absolute Gasteiger partial charge is 0.265 e. The number of amides is 2. The number of halogens is 1. The number of nitrogens with zero attached hydrogens (tertiary/aromatic N) is 1. The highest BCUT2D eigenvalue weighted by Crippen LogP contribution is 2.30. The molecule has 0 atom stereocenters. The molecule has 2 aromatic carbocycles. The van der Waals surface area contributed by atoms with Crippen LogP contribution in [0.3, 0.4) is 0 Å². The standard InChI is InChI=1S/C17H15ClN2O3/c18-13-5-3-4-12(10-13)17(22)19-8-9-20-14-6-1-2-7-15(14)23-11-16(20)21/h1-7,10H,8-9,11H2,(H,19,22). The van der Waals surface area contributed by atoms with Gasteiger partial charge in [-0.2, -0.15) is 0 Å². The lowest BCUT2D eigenvalue weighted by Gasteiger charge is -2.29. The Kier molecular flexibility index (Phi) is 4.48. The molecule has 0 aromatic heterocycles. The summed E-state index contributed by atoms with van der Waals surface area (Å²) in [5, 5.41) is 3.30. The van der Waals surface area contributed by atoms with E-state index in [0.717, 1.165) is 5.69 Å². The van der Waals surface area contributed by atoms with Gasteiger partial charge >= 0.3 is 0 Å². The van der Waals surface area contributed by atoms with Gasteiger partial charge in [0.2, 0.25) is 0 Å². The maximum Gasteiger partial charge on any atom is 0.265 e. The van der Waals surface area contributed by atoms with Gasteiger partial charge in [0, 0.05) is 23.7 Å². The average molecular weight is 331 g/mol. The van der Waals surface area contributed by atoms with Crippen molar-refractivity contribution in [2.24, 2.45) is 0 Å². The Bertz CT molecular complexity index is 748. The first-order valence-electron chi connectivity index (χ1n) is 7.21. The highest BCUT2D eigenvalue weighted by atomic mass is 35.5. The Labute approximate surface area is 138 Å². The third kappa shape index (κ3) is 3.46. The number of rotatable bonds is 4. The van der Waals surface area contributed by atoms with Gasteiger partial charge in [0.1, 0.15) is 5.75 Å². The van der Waals surface area contributed by atoms with Gasteiger partial charge in [-0.25, -0.2) is 0 Å². The van der Waals surface area contributed by atoms with Gasteiger partial charge in [-0.1, -0.05) is 29.8 Å². The molecule has 5 nitrogen and oxygen atoms in total. The van der Waals surface area contributed by atoms with Gasteiger partial charge in [0.15, 0.2) is 6.61 Å². The van der Waals surface area contributed by atoms with Crippen molar-refractivity contribution >= 4 is 29.1 Å². The van der Waals surface area contributed by atoms with E-state index in [1.807, 2.05) is 24.3 Å². The highest BCUT2D eigenvalue weighted by Gasteiger charge is 2.24. The van der Waals surface area contributed by atoms with Crippen molar-refractivity contribution in [2.45, 2.75) is 0 Å². The maximum absolute atomic E-state index is 12.1. The fourth-order valence-electron chi connectivity index (χ4n) is 2.41. The molecule has 0 unspecified atom stereocenters. The van der Waals surface area contributed by atoms with E-state index in [9.17, 15) is 9.59 Å². The minimum atomic E-state index is -0.221. The summed E-state index contributed by atoms with van der Waals surface area (Å²) in [5.74, 6) is 0.329. The first-order chi connectivity index (χ1) is 11.1. The van der Waals surface area contributed by atoms with E-state index in [1.165, 1.54) is 0 Å². The second-order valence-corrected chi connectivity index (χ2v) is 5.50. The summed E-state index contributed by atoms with van der Waals surface area (Å²) in [6.45, 7) is 0.732. The number of carbonyl (C=O) groups excluding carboxylic acids is 2. The maximum atomic E-state index is 12.1. The topological polar surface area (TPSA) is 58.6 Å². The third-order valence-electron chi connectivity index (χ3n) is 3.52. The molecule has 0 saturated carbocycles. The molecule has 0 radical (unpaired) electrons. The first kappa shape index (κ1) is 15.4. The van der Waals surface area contributed by atoms with Gasteiger partial charge in [0.05, 0.1) is 5.69 Å². The van der Waals surface area contributed by atoms with Crippen LogP contribution in [0.15, 0.2) is 48.5 Å². The van der Waals surface area contributed by atoms with Crippen LogP contribution in [0.5, 0.6) is 5.75 Å². The molecule has 1 N–H and O–H groups in total. The molecule has 0 spiro atoms. The largest absolute Gasteiger partial charge is 0.482 e. The molecule has 1 heterocycles. The van der Waals surface area contributed by atoms with E-state index < -0.39 is 0 Å². The molecular weight excluding hydrogens is 316 g/mol. The van der Waals surface area contributed by atoms with Crippen LogP contribution in [0.1, 0.15) is 10.4 Å². The van der Waals surface area contributed by atoms with Crippen LogP contribution < -0.4 is 15.0 Å². The number of hydrogen-bond acceptors (Lipinski definition) is 3. The van der Waals surface area contributed by atoms with Crippen molar-refractivity contribution in [1.82, 2.24) is 5.32 Å². The number of anilines is 1. The lowest BCUT2D eigenvalue weighted by molar-refractivity contribution is -0.121. The number of para-hydroxylation sites is 2. The van der Waals surface area contributed by atoms with Crippen LogP contribution in [-0.2, 0) is 4.79 Å². The summed E-state index contributed by atoms with van der Waals surface area (Å²) in [6, 6.07) is 14.1. The van der Waals surface area contributed by atoms with Gasteiger partial charge in [-0.3, -0.25) is 9.59 Å². The van der Waals surface area contributed by atoms with Crippen LogP contribution in [0.25, 0.3) is 0 Å². The van der Waals surface area contributed by atoms with Gasteiger partial charge in [-0.15, -0.1) is 0 Å². The van der Waals surface area contributed by atoms with Crippen molar-refractivity contribution in [2.75, 3.05) is 24.6 Å². The third-order valence-corrected chi connectivity index (χ3v) is 3.75. The molecule has 0 aliphatic carbocycles. The van der Waals surface area contributed by atoms with Crippen LogP contribution in [-0.4, -0.2) is 31.5 Å². The van der Waals surface area contributed by atoms with E-state index in [0.29, 0.717) is 29.4 Å². The molecule has 3 rings (SSSR count). The van der Waals surface area contributed by atoms with Crippen molar-refractivity contribution in [3.8, 4) is 5.75 Å². The SMILES string of the molecule is O=C(NCCN1C(=O)COc2ccccc21)c1cccc(Cl)c1. The molecule has 0 bridgehead atoms. The molecule has 118 valence electrons. The summed E-state index contributed by atoms with van der Waals surface area (Å²) in [5.41, 5.74) is 1.21. The minimum Gasteiger partial charge on any atom is -0.482 e. The van der Waals surface area contributed by atoms with Gasteiger partial charge < -0.3 is 15.0 Å². The Balaban J connectivity index is 1.62. The van der Waals surface area contributed by atoms with Crippen molar-refractivity contribution < 1.29 is 14.3 Å². The highest BCUT2D eigenvalue weighted by molar-refractivity contribution is 6.30. The fourth-order valence-corrected chi connectivity index (χ4v) is 2.60. The summed E-state index contributed by atoms with van der Waals surface area (Å²) in [4.78, 5) is 25.7. The van der Waals surface area contributed by atoms with Crippen molar-refractivity contribution in [1.29, 1.82) is 0 Å². The quantitative estimate of drug-likeness (QED) is 0.937. The molecule has 0 saturated heterocycles. The summed E-state index contributed by atoms with van der Waals surface area (Å²) in [7, 11) is 0. The fraction of sp³-hybridized carbons (Fsp3) is 0.176. The zero-order valence-corrected chi connectivity index (χ0v) is 13.0. The number of benzene rings is 2. The molecule has 2 aromatic rings. The Morgan fingerprint density at radius 1 is 1.22 bits per heavy atom.